The zero-order valence-electron chi connectivity index (χ0n) is 13.6. The number of nitrogens with zero attached hydrogens (tertiary/aromatic N) is 2. The van der Waals surface area contributed by atoms with Crippen molar-refractivity contribution in [3.63, 3.8) is 0 Å². The molecule has 26 heavy (non-hydrogen) atoms. The zero-order chi connectivity index (χ0) is 18.7. The minimum Gasteiger partial charge on any atom is -0.480 e. The van der Waals surface area contributed by atoms with Crippen LogP contribution >= 0.6 is 0 Å². The van der Waals surface area contributed by atoms with Gasteiger partial charge in [0.15, 0.2) is 0 Å². The van der Waals surface area contributed by atoms with Crippen molar-refractivity contribution in [2.24, 2.45) is 0 Å². The normalized spacial score (nSPS) is 11.3. The Morgan fingerprint density at radius 2 is 1.69 bits per heavy atom. The lowest BCUT2D eigenvalue weighted by molar-refractivity contribution is -0.137. The van der Waals surface area contributed by atoms with Gasteiger partial charge in [-0.15, -0.1) is 0 Å². The van der Waals surface area contributed by atoms with Crippen molar-refractivity contribution in [1.82, 2.24) is 4.57 Å². The molecule has 2 N–H and O–H groups in total. The maximum atomic E-state index is 11.1. The van der Waals surface area contributed by atoms with E-state index < -0.39 is 11.9 Å². The van der Waals surface area contributed by atoms with Crippen molar-refractivity contribution in [1.29, 1.82) is 5.26 Å². The van der Waals surface area contributed by atoms with Crippen LogP contribution in [0.1, 0.15) is 21.5 Å². The summed E-state index contributed by atoms with van der Waals surface area (Å²) in [6.07, 6.45) is 3.37. The van der Waals surface area contributed by atoms with Crippen LogP contribution in [-0.2, 0) is 11.3 Å². The number of carboxylic acids is 2. The highest BCUT2D eigenvalue weighted by Crippen LogP contribution is 2.26. The molecule has 0 aliphatic rings. The number of carbonyl (C=O) groups is 2. The molecule has 0 unspecified atom stereocenters. The summed E-state index contributed by atoms with van der Waals surface area (Å²) in [5, 5.41) is 28.4. The van der Waals surface area contributed by atoms with Gasteiger partial charge in [-0.05, 0) is 29.8 Å². The van der Waals surface area contributed by atoms with Crippen LogP contribution in [0, 0.1) is 11.3 Å². The number of aliphatic carboxylic acids is 1. The molecule has 0 amide bonds. The number of hydrogen-bond donors (Lipinski definition) is 2. The van der Waals surface area contributed by atoms with Gasteiger partial charge in [0, 0.05) is 22.7 Å². The third kappa shape index (κ3) is 3.32. The van der Waals surface area contributed by atoms with Crippen LogP contribution < -0.4 is 0 Å². The van der Waals surface area contributed by atoms with E-state index in [1.165, 1.54) is 12.1 Å². The first kappa shape index (κ1) is 17.0. The molecule has 128 valence electrons. The van der Waals surface area contributed by atoms with Crippen LogP contribution in [0.2, 0.25) is 0 Å². The van der Waals surface area contributed by atoms with Crippen molar-refractivity contribution < 1.29 is 19.8 Å². The lowest BCUT2D eigenvalue weighted by atomic mass is 10.0. The summed E-state index contributed by atoms with van der Waals surface area (Å²) < 4.78 is 1.62. The van der Waals surface area contributed by atoms with E-state index in [1.807, 2.05) is 24.3 Å². The molecule has 6 heteroatoms. The molecule has 0 bridgehead atoms. The van der Waals surface area contributed by atoms with Crippen molar-refractivity contribution in [2.75, 3.05) is 0 Å². The molecular formula is C20H14N2O4. The molecular weight excluding hydrogens is 332 g/mol. The molecule has 0 fully saturated rings. The summed E-state index contributed by atoms with van der Waals surface area (Å²) in [6, 6.07) is 15.5. The van der Waals surface area contributed by atoms with Gasteiger partial charge in [-0.25, -0.2) is 4.79 Å². The van der Waals surface area contributed by atoms with E-state index in [-0.39, 0.29) is 12.1 Å². The maximum absolute atomic E-state index is 11.1. The first-order valence-electron chi connectivity index (χ1n) is 7.75. The molecule has 0 radical (unpaired) electrons. The van der Waals surface area contributed by atoms with Gasteiger partial charge >= 0.3 is 11.9 Å². The summed E-state index contributed by atoms with van der Waals surface area (Å²) in [6.45, 7) is -0.177. The van der Waals surface area contributed by atoms with Gasteiger partial charge in [0.25, 0.3) is 0 Å². The van der Waals surface area contributed by atoms with Crippen LogP contribution in [0.15, 0.2) is 54.7 Å². The lowest BCUT2D eigenvalue weighted by Crippen LogP contribution is -2.07. The van der Waals surface area contributed by atoms with Gasteiger partial charge in [0.05, 0.1) is 17.2 Å². The highest BCUT2D eigenvalue weighted by Gasteiger charge is 2.11. The van der Waals surface area contributed by atoms with E-state index in [4.69, 9.17) is 10.2 Å². The van der Waals surface area contributed by atoms with Gasteiger partial charge in [-0.2, -0.15) is 5.26 Å². The fourth-order valence-corrected chi connectivity index (χ4v) is 2.79. The number of fused-ring (bicyclic) bond motifs is 1. The van der Waals surface area contributed by atoms with E-state index in [0.29, 0.717) is 11.1 Å². The van der Waals surface area contributed by atoms with Gasteiger partial charge in [-0.3, -0.25) is 4.79 Å². The molecule has 0 aliphatic heterocycles. The van der Waals surface area contributed by atoms with Crippen LogP contribution in [0.25, 0.3) is 22.6 Å². The first-order valence-corrected chi connectivity index (χ1v) is 7.75. The number of para-hydroxylation sites is 1. The van der Waals surface area contributed by atoms with E-state index in [0.717, 1.165) is 16.5 Å². The highest BCUT2D eigenvalue weighted by atomic mass is 16.4. The summed E-state index contributed by atoms with van der Waals surface area (Å²) in [4.78, 5) is 22.0. The third-order valence-electron chi connectivity index (χ3n) is 3.99. The van der Waals surface area contributed by atoms with Crippen molar-refractivity contribution in [3.8, 4) is 6.07 Å². The number of rotatable bonds is 5. The summed E-state index contributed by atoms with van der Waals surface area (Å²) in [5.41, 5.74) is 2.58. The molecule has 3 aromatic rings. The number of allylic oxidation sites excluding steroid dienone is 1. The Bertz CT molecular complexity index is 1070. The third-order valence-corrected chi connectivity index (χ3v) is 3.99. The van der Waals surface area contributed by atoms with E-state index in [2.05, 4.69) is 6.07 Å². The summed E-state index contributed by atoms with van der Waals surface area (Å²) in [5.74, 6) is -1.98. The quantitative estimate of drug-likeness (QED) is 0.688. The zero-order valence-corrected chi connectivity index (χ0v) is 13.6. The highest BCUT2D eigenvalue weighted by molar-refractivity contribution is 5.98. The minimum atomic E-state index is -1.03. The molecule has 3 rings (SSSR count). The topological polar surface area (TPSA) is 103 Å². The molecule has 0 aliphatic carbocycles. The van der Waals surface area contributed by atoms with Gasteiger partial charge < -0.3 is 14.8 Å². The van der Waals surface area contributed by atoms with E-state index >= 15 is 0 Å². The Labute approximate surface area is 148 Å². The van der Waals surface area contributed by atoms with Crippen molar-refractivity contribution in [2.45, 2.75) is 6.54 Å². The van der Waals surface area contributed by atoms with E-state index in [9.17, 15) is 14.9 Å². The van der Waals surface area contributed by atoms with Gasteiger partial charge in [0.2, 0.25) is 0 Å². The number of hydrogen-bond acceptors (Lipinski definition) is 3. The smallest absolute Gasteiger partial charge is 0.335 e. The second-order valence-corrected chi connectivity index (χ2v) is 5.68. The standard InChI is InChI=1S/C20H14N2O4/c21-10-15(13-5-7-14(8-6-13)20(25)26)9-16-11-22(12-19(23)24)18-4-2-1-3-17(16)18/h1-9,11H,12H2,(H,23,24)(H,25,26)/b15-9+. The number of aromatic carboxylic acids is 1. The Balaban J connectivity index is 2.08. The van der Waals surface area contributed by atoms with Gasteiger partial charge in [-0.1, -0.05) is 30.3 Å². The maximum Gasteiger partial charge on any atom is 0.335 e. The number of aromatic nitrogens is 1. The number of benzene rings is 2. The fourth-order valence-electron chi connectivity index (χ4n) is 2.79. The van der Waals surface area contributed by atoms with E-state index in [1.54, 1.807) is 29.0 Å². The monoisotopic (exact) mass is 346 g/mol. The lowest BCUT2D eigenvalue weighted by Gasteiger charge is -2.00. The Morgan fingerprint density at radius 1 is 1.04 bits per heavy atom. The van der Waals surface area contributed by atoms with Crippen LogP contribution in [0.4, 0.5) is 0 Å². The SMILES string of the molecule is N#C/C(=C\c1cn(CC(=O)O)c2ccccc12)c1ccc(C(=O)O)cc1. The minimum absolute atomic E-state index is 0.143. The second kappa shape index (κ2) is 6.95. The number of nitriles is 1. The summed E-state index contributed by atoms with van der Waals surface area (Å²) in [7, 11) is 0. The Hall–Kier alpha value is -3.85. The molecule has 1 heterocycles. The largest absolute Gasteiger partial charge is 0.480 e. The fraction of sp³-hybridized carbons (Fsp3) is 0.0500. The average Bonchev–Trinajstić information content (AvgIpc) is 2.97. The van der Waals surface area contributed by atoms with Crippen LogP contribution in [0.3, 0.4) is 0 Å². The molecule has 6 nitrogen and oxygen atoms in total. The molecule has 0 spiro atoms. The van der Waals surface area contributed by atoms with Gasteiger partial charge in [0.1, 0.15) is 6.54 Å². The predicted molar refractivity (Wildman–Crippen MR) is 96.5 cm³/mol. The average molecular weight is 346 g/mol. The predicted octanol–water partition coefficient (Wildman–Crippen LogP) is 3.49. The van der Waals surface area contributed by atoms with Crippen LogP contribution in [0.5, 0.6) is 0 Å². The molecule has 0 saturated heterocycles. The van der Waals surface area contributed by atoms with Crippen molar-refractivity contribution in [3.05, 3.63) is 71.4 Å². The Morgan fingerprint density at radius 3 is 2.31 bits per heavy atom. The molecule has 0 saturated carbocycles. The summed E-state index contributed by atoms with van der Waals surface area (Å²) >= 11 is 0. The second-order valence-electron chi connectivity index (χ2n) is 5.68. The number of carboxylic acid groups (broad SMARTS) is 2. The first-order chi connectivity index (χ1) is 12.5. The molecule has 2 aromatic carbocycles. The van der Waals surface area contributed by atoms with Crippen LogP contribution in [-0.4, -0.2) is 26.7 Å². The Kier molecular flexibility index (Phi) is 4.54. The molecule has 0 atom stereocenters. The molecule has 1 aromatic heterocycles. The van der Waals surface area contributed by atoms with Crippen molar-refractivity contribution >= 4 is 34.5 Å².